The predicted octanol–water partition coefficient (Wildman–Crippen LogP) is 4.53. The molecule has 4 nitrogen and oxygen atoms in total. The number of anilines is 1. The number of halogens is 3. The topological polar surface area (TPSA) is 52.6 Å². The van der Waals surface area contributed by atoms with Crippen LogP contribution in [0.15, 0.2) is 48.5 Å². The number of rotatable bonds is 2. The smallest absolute Gasteiger partial charge is 0.385 e. The van der Waals surface area contributed by atoms with Gasteiger partial charge in [0.15, 0.2) is 0 Å². The zero-order valence-corrected chi connectivity index (χ0v) is 14.9. The minimum absolute atomic E-state index is 0.0918. The molecule has 0 saturated carbocycles. The molecule has 144 valence electrons. The van der Waals surface area contributed by atoms with Crippen LogP contribution in [-0.2, 0) is 11.8 Å². The second-order valence-corrected chi connectivity index (χ2v) is 6.89. The maximum absolute atomic E-state index is 12.8. The molecule has 2 aromatic rings. The lowest BCUT2D eigenvalue weighted by Crippen LogP contribution is -2.46. The second-order valence-electron chi connectivity index (χ2n) is 6.89. The molecular formula is C20H21F3N2O2. The molecule has 0 aliphatic carbocycles. The monoisotopic (exact) mass is 378 g/mol. The molecule has 1 saturated heterocycles. The van der Waals surface area contributed by atoms with Gasteiger partial charge in [-0.2, -0.15) is 13.2 Å². The summed E-state index contributed by atoms with van der Waals surface area (Å²) in [5.41, 5.74) is 0.189. The van der Waals surface area contributed by atoms with E-state index in [9.17, 15) is 23.1 Å². The van der Waals surface area contributed by atoms with Crippen molar-refractivity contribution in [3.05, 3.63) is 65.2 Å². The van der Waals surface area contributed by atoms with E-state index in [0.29, 0.717) is 25.9 Å². The number of nitrogens with zero attached hydrogens (tertiary/aromatic N) is 1. The number of hydrogen-bond acceptors (Lipinski definition) is 2. The Morgan fingerprint density at radius 2 is 1.74 bits per heavy atom. The third-order valence-corrected chi connectivity index (χ3v) is 4.91. The molecule has 1 heterocycles. The summed E-state index contributed by atoms with van der Waals surface area (Å²) in [6.07, 6.45) is -3.73. The maximum Gasteiger partial charge on any atom is 0.416 e. The van der Waals surface area contributed by atoms with Gasteiger partial charge in [0.2, 0.25) is 0 Å². The number of hydrogen-bond donors (Lipinski definition) is 2. The predicted molar refractivity (Wildman–Crippen MR) is 96.3 cm³/mol. The molecule has 3 rings (SSSR count). The molecular weight excluding hydrogens is 357 g/mol. The molecule has 1 aliphatic rings. The Balaban J connectivity index is 1.63. The first kappa shape index (κ1) is 19.2. The molecule has 1 aliphatic heterocycles. The third-order valence-electron chi connectivity index (χ3n) is 4.91. The Morgan fingerprint density at radius 3 is 2.33 bits per heavy atom. The van der Waals surface area contributed by atoms with Crippen LogP contribution in [-0.4, -0.2) is 29.1 Å². The number of carbonyl (C=O) groups is 1. The van der Waals surface area contributed by atoms with Gasteiger partial charge in [-0.05, 0) is 43.5 Å². The Hall–Kier alpha value is -2.54. The van der Waals surface area contributed by atoms with Gasteiger partial charge in [0.1, 0.15) is 0 Å². The Bertz CT molecular complexity index is 811. The van der Waals surface area contributed by atoms with Gasteiger partial charge >= 0.3 is 12.2 Å². The number of piperidine rings is 1. The number of urea groups is 1. The summed E-state index contributed by atoms with van der Waals surface area (Å²) in [6, 6.07) is 11.7. The lowest BCUT2D eigenvalue weighted by Gasteiger charge is -2.38. The summed E-state index contributed by atoms with van der Waals surface area (Å²) in [4.78, 5) is 13.9. The molecule has 7 heteroatoms. The summed E-state index contributed by atoms with van der Waals surface area (Å²) in [7, 11) is 0. The van der Waals surface area contributed by atoms with Gasteiger partial charge in [-0.3, -0.25) is 0 Å². The molecule has 0 radical (unpaired) electrons. The summed E-state index contributed by atoms with van der Waals surface area (Å²) in [5, 5.41) is 13.4. The van der Waals surface area contributed by atoms with E-state index in [1.165, 1.54) is 17.0 Å². The highest BCUT2D eigenvalue weighted by molar-refractivity contribution is 5.89. The highest BCUT2D eigenvalue weighted by Gasteiger charge is 2.35. The highest BCUT2D eigenvalue weighted by atomic mass is 19.4. The number of amides is 2. The van der Waals surface area contributed by atoms with Crippen LogP contribution >= 0.6 is 0 Å². The van der Waals surface area contributed by atoms with Crippen molar-refractivity contribution in [1.82, 2.24) is 4.90 Å². The van der Waals surface area contributed by atoms with Crippen molar-refractivity contribution in [1.29, 1.82) is 0 Å². The van der Waals surface area contributed by atoms with Crippen LogP contribution in [0.5, 0.6) is 0 Å². The SMILES string of the molecule is Cc1ccc(C2(O)CCN(C(=O)Nc3cccc(C(F)(F)F)c3)CC2)cc1. The molecule has 2 aromatic carbocycles. The summed E-state index contributed by atoms with van der Waals surface area (Å²) in [5.74, 6) is 0. The van der Waals surface area contributed by atoms with Crippen LogP contribution in [0, 0.1) is 6.92 Å². The summed E-state index contributed by atoms with van der Waals surface area (Å²) < 4.78 is 38.3. The van der Waals surface area contributed by atoms with Gasteiger partial charge in [0, 0.05) is 18.8 Å². The first-order valence-electron chi connectivity index (χ1n) is 8.70. The summed E-state index contributed by atoms with van der Waals surface area (Å²) in [6.45, 7) is 2.60. The van der Waals surface area contributed by atoms with Crippen molar-refractivity contribution < 1.29 is 23.1 Å². The van der Waals surface area contributed by atoms with E-state index >= 15 is 0 Å². The van der Waals surface area contributed by atoms with E-state index < -0.39 is 23.4 Å². The van der Waals surface area contributed by atoms with Crippen LogP contribution in [0.1, 0.15) is 29.5 Å². The highest BCUT2D eigenvalue weighted by Crippen LogP contribution is 2.34. The fourth-order valence-electron chi connectivity index (χ4n) is 3.21. The van der Waals surface area contributed by atoms with Gasteiger partial charge in [-0.15, -0.1) is 0 Å². The van der Waals surface area contributed by atoms with Gasteiger partial charge in [0.25, 0.3) is 0 Å². The number of nitrogens with one attached hydrogen (secondary N) is 1. The Labute approximate surface area is 155 Å². The first-order valence-corrected chi connectivity index (χ1v) is 8.70. The van der Waals surface area contributed by atoms with E-state index in [2.05, 4.69) is 5.32 Å². The zero-order valence-electron chi connectivity index (χ0n) is 14.9. The third kappa shape index (κ3) is 4.42. The lowest BCUT2D eigenvalue weighted by molar-refractivity contribution is -0.137. The van der Waals surface area contributed by atoms with Gasteiger partial charge in [0.05, 0.1) is 11.2 Å². The molecule has 0 atom stereocenters. The van der Waals surface area contributed by atoms with Crippen LogP contribution < -0.4 is 5.32 Å². The minimum atomic E-state index is -4.46. The number of aryl methyl sites for hydroxylation is 1. The fraction of sp³-hybridized carbons (Fsp3) is 0.350. The van der Waals surface area contributed by atoms with E-state index in [4.69, 9.17) is 0 Å². The van der Waals surface area contributed by atoms with Crippen molar-refractivity contribution >= 4 is 11.7 Å². The van der Waals surface area contributed by atoms with Gasteiger partial charge in [-0.25, -0.2) is 4.79 Å². The minimum Gasteiger partial charge on any atom is -0.385 e. The average Bonchev–Trinajstić information content (AvgIpc) is 2.62. The van der Waals surface area contributed by atoms with E-state index in [0.717, 1.165) is 23.3 Å². The molecule has 0 spiro atoms. The van der Waals surface area contributed by atoms with E-state index in [1.54, 1.807) is 0 Å². The number of likely N-dealkylation sites (tertiary alicyclic amines) is 1. The molecule has 2 N–H and O–H groups in total. The number of carbonyl (C=O) groups excluding carboxylic acids is 1. The van der Waals surface area contributed by atoms with E-state index in [-0.39, 0.29) is 5.69 Å². The zero-order chi connectivity index (χ0) is 19.7. The van der Waals surface area contributed by atoms with Gasteiger partial charge in [-0.1, -0.05) is 35.9 Å². The molecule has 2 amide bonds. The number of alkyl halides is 3. The van der Waals surface area contributed by atoms with Crippen molar-refractivity contribution in [2.45, 2.75) is 31.5 Å². The molecule has 0 aromatic heterocycles. The van der Waals surface area contributed by atoms with E-state index in [1.807, 2.05) is 31.2 Å². The van der Waals surface area contributed by atoms with Crippen molar-refractivity contribution in [3.8, 4) is 0 Å². The lowest BCUT2D eigenvalue weighted by atomic mass is 9.84. The van der Waals surface area contributed by atoms with Crippen LogP contribution in [0.25, 0.3) is 0 Å². The molecule has 27 heavy (non-hydrogen) atoms. The number of aliphatic hydroxyl groups is 1. The molecule has 0 bridgehead atoms. The molecule has 1 fully saturated rings. The summed E-state index contributed by atoms with van der Waals surface area (Å²) >= 11 is 0. The Morgan fingerprint density at radius 1 is 1.11 bits per heavy atom. The van der Waals surface area contributed by atoms with Crippen LogP contribution in [0.2, 0.25) is 0 Å². The maximum atomic E-state index is 12.8. The molecule has 0 unspecified atom stereocenters. The Kier molecular flexibility index (Phi) is 5.15. The largest absolute Gasteiger partial charge is 0.416 e. The normalized spacial score (nSPS) is 16.9. The second kappa shape index (κ2) is 7.23. The van der Waals surface area contributed by atoms with Crippen molar-refractivity contribution in [2.75, 3.05) is 18.4 Å². The average molecular weight is 378 g/mol. The van der Waals surface area contributed by atoms with Crippen molar-refractivity contribution in [3.63, 3.8) is 0 Å². The van der Waals surface area contributed by atoms with Crippen molar-refractivity contribution in [2.24, 2.45) is 0 Å². The van der Waals surface area contributed by atoms with Crippen LogP contribution in [0.4, 0.5) is 23.7 Å². The fourth-order valence-corrected chi connectivity index (χ4v) is 3.21. The first-order chi connectivity index (χ1) is 12.7. The quantitative estimate of drug-likeness (QED) is 0.807. The van der Waals surface area contributed by atoms with Crippen LogP contribution in [0.3, 0.4) is 0 Å². The number of benzene rings is 2. The standard InChI is InChI=1S/C20H21F3N2O2/c1-14-5-7-15(8-6-14)19(27)9-11-25(12-10-19)18(26)24-17-4-2-3-16(13-17)20(21,22)23/h2-8,13,27H,9-12H2,1H3,(H,24,26). The van der Waals surface area contributed by atoms with Gasteiger partial charge < -0.3 is 15.3 Å².